The molecule has 0 aliphatic carbocycles. The lowest BCUT2D eigenvalue weighted by Gasteiger charge is -2.07. The average Bonchev–Trinajstić information content (AvgIpc) is 2.88. The topological polar surface area (TPSA) is 72.9 Å². The van der Waals surface area contributed by atoms with Crippen LogP contribution in [0.4, 0.5) is 5.69 Å². The summed E-state index contributed by atoms with van der Waals surface area (Å²) < 4.78 is 1.73. The second-order valence-corrected chi connectivity index (χ2v) is 4.62. The Labute approximate surface area is 118 Å². The first kappa shape index (κ1) is 14.1. The second kappa shape index (κ2) is 6.23. The molecule has 0 radical (unpaired) electrons. The number of nitrogens with one attached hydrogen (secondary N) is 1. The number of carbonyl (C=O) groups excluding carboxylic acids is 1. The maximum Gasteiger partial charge on any atom is 0.269 e. The highest BCUT2D eigenvalue weighted by molar-refractivity contribution is 5.92. The number of aromatic nitrogens is 2. The lowest BCUT2D eigenvalue weighted by atomic mass is 10.2. The minimum atomic E-state index is -0.110. The molecule has 20 heavy (non-hydrogen) atoms. The Morgan fingerprint density at radius 2 is 2.15 bits per heavy atom. The maximum atomic E-state index is 12.2. The van der Waals surface area contributed by atoms with Crippen molar-refractivity contribution >= 4 is 11.6 Å². The van der Waals surface area contributed by atoms with Gasteiger partial charge in [-0.1, -0.05) is 19.1 Å². The minimum Gasteiger partial charge on any atom is -0.399 e. The van der Waals surface area contributed by atoms with Gasteiger partial charge >= 0.3 is 0 Å². The van der Waals surface area contributed by atoms with Gasteiger partial charge in [0.15, 0.2) is 0 Å². The minimum absolute atomic E-state index is 0.110. The van der Waals surface area contributed by atoms with Gasteiger partial charge in [0.1, 0.15) is 5.69 Å². The van der Waals surface area contributed by atoms with Crippen molar-refractivity contribution in [2.45, 2.75) is 33.4 Å². The van der Waals surface area contributed by atoms with Crippen LogP contribution in [0.2, 0.25) is 0 Å². The molecule has 0 aliphatic rings. The predicted octanol–water partition coefficient (Wildman–Crippen LogP) is 1.98. The number of hydrogen-bond donors (Lipinski definition) is 2. The smallest absolute Gasteiger partial charge is 0.269 e. The molecule has 1 amide bonds. The number of carbonyl (C=O) groups is 1. The van der Waals surface area contributed by atoms with E-state index in [9.17, 15) is 4.79 Å². The van der Waals surface area contributed by atoms with Crippen molar-refractivity contribution in [2.75, 3.05) is 5.73 Å². The van der Waals surface area contributed by atoms with E-state index in [2.05, 4.69) is 10.4 Å². The molecule has 3 N–H and O–H groups in total. The number of benzene rings is 1. The van der Waals surface area contributed by atoms with Crippen LogP contribution in [0, 0.1) is 0 Å². The number of hydrogen-bond acceptors (Lipinski definition) is 3. The Bertz CT molecular complexity index is 604. The zero-order valence-corrected chi connectivity index (χ0v) is 11.9. The Balaban J connectivity index is 2.06. The zero-order valence-electron chi connectivity index (χ0n) is 11.9. The van der Waals surface area contributed by atoms with Crippen molar-refractivity contribution in [2.24, 2.45) is 0 Å². The maximum absolute atomic E-state index is 12.2. The second-order valence-electron chi connectivity index (χ2n) is 4.62. The highest BCUT2D eigenvalue weighted by atomic mass is 16.2. The molecule has 1 aromatic heterocycles. The van der Waals surface area contributed by atoms with Crippen LogP contribution < -0.4 is 11.1 Å². The van der Waals surface area contributed by atoms with Gasteiger partial charge in [-0.2, -0.15) is 5.10 Å². The van der Waals surface area contributed by atoms with Gasteiger partial charge in [0.05, 0.1) is 5.69 Å². The highest BCUT2D eigenvalue weighted by Gasteiger charge is 2.13. The molecule has 0 bridgehead atoms. The van der Waals surface area contributed by atoms with E-state index in [1.807, 2.05) is 44.2 Å². The third-order valence-corrected chi connectivity index (χ3v) is 3.13. The normalized spacial score (nSPS) is 10.5. The summed E-state index contributed by atoms with van der Waals surface area (Å²) in [4.78, 5) is 12.2. The first-order valence-electron chi connectivity index (χ1n) is 6.83. The SMILES string of the molecule is CCc1cc(C(=O)NCc2cccc(N)c2)n(CC)n1. The zero-order chi connectivity index (χ0) is 14.5. The number of nitrogens with two attached hydrogens (primary N) is 1. The lowest BCUT2D eigenvalue weighted by molar-refractivity contribution is 0.0940. The van der Waals surface area contributed by atoms with Crippen molar-refractivity contribution in [3.05, 3.63) is 47.3 Å². The fraction of sp³-hybridized carbons (Fsp3) is 0.333. The number of aryl methyl sites for hydroxylation is 2. The third kappa shape index (κ3) is 3.17. The van der Waals surface area contributed by atoms with E-state index in [4.69, 9.17) is 5.73 Å². The fourth-order valence-electron chi connectivity index (χ4n) is 2.04. The lowest BCUT2D eigenvalue weighted by Crippen LogP contribution is -2.25. The van der Waals surface area contributed by atoms with E-state index in [1.165, 1.54) is 0 Å². The van der Waals surface area contributed by atoms with Gasteiger partial charge in [-0.3, -0.25) is 9.48 Å². The van der Waals surface area contributed by atoms with E-state index in [0.717, 1.165) is 17.7 Å². The van der Waals surface area contributed by atoms with Crippen molar-refractivity contribution in [3.63, 3.8) is 0 Å². The summed E-state index contributed by atoms with van der Waals surface area (Å²) in [5.41, 5.74) is 8.93. The van der Waals surface area contributed by atoms with Crippen LogP contribution in [0.5, 0.6) is 0 Å². The molecule has 1 aromatic carbocycles. The van der Waals surface area contributed by atoms with Crippen LogP contribution in [-0.2, 0) is 19.5 Å². The molecule has 0 saturated carbocycles. The first-order valence-corrected chi connectivity index (χ1v) is 6.83. The van der Waals surface area contributed by atoms with Gasteiger partial charge in [0, 0.05) is 18.8 Å². The summed E-state index contributed by atoms with van der Waals surface area (Å²) in [6.45, 7) is 5.14. The van der Waals surface area contributed by atoms with Crippen LogP contribution in [0.15, 0.2) is 30.3 Å². The van der Waals surface area contributed by atoms with Gasteiger partial charge in [0.25, 0.3) is 5.91 Å². The fourth-order valence-corrected chi connectivity index (χ4v) is 2.04. The van der Waals surface area contributed by atoms with E-state index in [1.54, 1.807) is 4.68 Å². The Hall–Kier alpha value is -2.30. The van der Waals surface area contributed by atoms with Gasteiger partial charge in [-0.05, 0) is 37.1 Å². The molecule has 0 unspecified atom stereocenters. The molecule has 0 aliphatic heterocycles. The molecule has 1 heterocycles. The van der Waals surface area contributed by atoms with Crippen molar-refractivity contribution in [1.29, 1.82) is 0 Å². The van der Waals surface area contributed by atoms with Gasteiger partial charge < -0.3 is 11.1 Å². The molecular weight excluding hydrogens is 252 g/mol. The summed E-state index contributed by atoms with van der Waals surface area (Å²) in [5, 5.41) is 7.27. The van der Waals surface area contributed by atoms with Crippen LogP contribution in [0.3, 0.4) is 0 Å². The molecule has 0 saturated heterocycles. The van der Waals surface area contributed by atoms with Gasteiger partial charge in [0.2, 0.25) is 0 Å². The van der Waals surface area contributed by atoms with Crippen LogP contribution in [0.25, 0.3) is 0 Å². The Kier molecular flexibility index (Phi) is 4.40. The van der Waals surface area contributed by atoms with E-state index in [-0.39, 0.29) is 5.91 Å². The number of nitrogen functional groups attached to an aromatic ring is 1. The van der Waals surface area contributed by atoms with Crippen molar-refractivity contribution < 1.29 is 4.79 Å². The summed E-state index contributed by atoms with van der Waals surface area (Å²) in [6, 6.07) is 9.34. The summed E-state index contributed by atoms with van der Waals surface area (Å²) in [5.74, 6) is -0.110. The molecule has 5 heteroatoms. The number of rotatable bonds is 5. The standard InChI is InChI=1S/C15H20N4O/c1-3-13-9-14(19(4-2)18-13)15(20)17-10-11-6-5-7-12(16)8-11/h5-9H,3-4,10,16H2,1-2H3,(H,17,20). The Morgan fingerprint density at radius 3 is 2.80 bits per heavy atom. The number of anilines is 1. The quantitative estimate of drug-likeness (QED) is 0.817. The third-order valence-electron chi connectivity index (χ3n) is 3.13. The molecule has 2 aromatic rings. The molecule has 0 atom stereocenters. The van der Waals surface area contributed by atoms with Crippen LogP contribution >= 0.6 is 0 Å². The molecule has 5 nitrogen and oxygen atoms in total. The Morgan fingerprint density at radius 1 is 1.35 bits per heavy atom. The largest absolute Gasteiger partial charge is 0.399 e. The number of amides is 1. The molecule has 0 fully saturated rings. The summed E-state index contributed by atoms with van der Waals surface area (Å²) in [7, 11) is 0. The van der Waals surface area contributed by atoms with Crippen LogP contribution in [0.1, 0.15) is 35.6 Å². The molecule has 2 rings (SSSR count). The van der Waals surface area contributed by atoms with Gasteiger partial charge in [-0.25, -0.2) is 0 Å². The molecule has 0 spiro atoms. The van der Waals surface area contributed by atoms with Crippen molar-refractivity contribution in [1.82, 2.24) is 15.1 Å². The summed E-state index contributed by atoms with van der Waals surface area (Å²) >= 11 is 0. The predicted molar refractivity (Wildman–Crippen MR) is 79.3 cm³/mol. The highest BCUT2D eigenvalue weighted by Crippen LogP contribution is 2.08. The number of nitrogens with zero attached hydrogens (tertiary/aromatic N) is 2. The monoisotopic (exact) mass is 272 g/mol. The molecule has 106 valence electrons. The molecular formula is C15H20N4O. The van der Waals surface area contributed by atoms with Crippen molar-refractivity contribution in [3.8, 4) is 0 Å². The van der Waals surface area contributed by atoms with E-state index in [0.29, 0.717) is 24.5 Å². The van der Waals surface area contributed by atoms with E-state index < -0.39 is 0 Å². The summed E-state index contributed by atoms with van der Waals surface area (Å²) in [6.07, 6.45) is 0.822. The average molecular weight is 272 g/mol. The first-order chi connectivity index (χ1) is 9.63. The van der Waals surface area contributed by atoms with Crippen LogP contribution in [-0.4, -0.2) is 15.7 Å². The van der Waals surface area contributed by atoms with E-state index >= 15 is 0 Å². The van der Waals surface area contributed by atoms with Gasteiger partial charge in [-0.15, -0.1) is 0 Å².